The molecule has 1 saturated carbocycles. The number of nitrogens with zero attached hydrogens (tertiary/aromatic N) is 10. The number of benzene rings is 2. The van der Waals surface area contributed by atoms with E-state index >= 15 is 0 Å². The molecule has 0 spiro atoms. The number of nitrogens with two attached hydrogens (primary N) is 1. The van der Waals surface area contributed by atoms with Crippen molar-refractivity contribution in [2.45, 2.75) is 140 Å². The van der Waals surface area contributed by atoms with Crippen LogP contribution in [0.2, 0.25) is 0 Å². The Balaban J connectivity index is 0.798. The number of ether oxygens (including phenoxy) is 1. The third-order valence-electron chi connectivity index (χ3n) is 18.2. The zero-order valence-electron chi connectivity index (χ0n) is 48.4. The number of carbonyl (C=O) groups excluding carboxylic acids is 3. The molecule has 0 unspecified atom stereocenters. The molecule has 6 aromatic rings. The number of aliphatic hydroxyl groups excluding tert-OH is 1. The maximum atomic E-state index is 14.9. The highest BCUT2D eigenvalue weighted by Crippen LogP contribution is 2.38. The molecule has 20 nitrogen and oxygen atoms in total. The van der Waals surface area contributed by atoms with Crippen LogP contribution in [0.1, 0.15) is 130 Å². The van der Waals surface area contributed by atoms with Crippen LogP contribution in [0.15, 0.2) is 77.7 Å². The van der Waals surface area contributed by atoms with Gasteiger partial charge in [0.05, 0.1) is 59.1 Å². The minimum absolute atomic E-state index is 0.0137. The molecule has 6 N–H and O–H groups in total. The topological polar surface area (TPSA) is 248 Å². The number of anilines is 2. The van der Waals surface area contributed by atoms with E-state index in [1.54, 1.807) is 24.5 Å². The minimum atomic E-state index is -0.978. The highest BCUT2D eigenvalue weighted by molar-refractivity contribution is 5.91. The number of likely N-dealkylation sites (tertiary alicyclic amines) is 2. The van der Waals surface area contributed by atoms with Gasteiger partial charge in [-0.25, -0.2) is 0 Å². The van der Waals surface area contributed by atoms with Crippen molar-refractivity contribution in [1.82, 2.24) is 55.3 Å². The average molecular weight is 1130 g/mol. The van der Waals surface area contributed by atoms with E-state index < -0.39 is 30.0 Å². The quantitative estimate of drug-likeness (QED) is 0.0482. The number of nitrogen functional groups attached to an aromatic ring is 1. The first-order valence-corrected chi connectivity index (χ1v) is 29.8. The molecule has 0 bridgehead atoms. The number of phenols is 1. The number of aromatic hydroxyl groups is 1. The van der Waals surface area contributed by atoms with Crippen molar-refractivity contribution in [2.24, 2.45) is 24.8 Å². The summed E-state index contributed by atoms with van der Waals surface area (Å²) in [5.74, 6) is 6.61. The van der Waals surface area contributed by atoms with Gasteiger partial charge in [-0.05, 0) is 157 Å². The average Bonchev–Trinajstić information content (AvgIpc) is 4.10. The predicted octanol–water partition coefficient (Wildman–Crippen LogP) is 6.51. The molecule has 4 aliphatic heterocycles. The molecule has 5 atom stereocenters. The lowest BCUT2D eigenvalue weighted by Gasteiger charge is -2.45. The Morgan fingerprint density at radius 2 is 1.70 bits per heavy atom. The minimum Gasteiger partial charge on any atom is -0.507 e. The number of piperidine rings is 3. The van der Waals surface area contributed by atoms with Crippen molar-refractivity contribution in [3.63, 3.8) is 0 Å². The van der Waals surface area contributed by atoms with E-state index in [4.69, 9.17) is 20.1 Å². The normalized spacial score (nSPS) is 22.2. The van der Waals surface area contributed by atoms with Crippen LogP contribution < -0.4 is 21.3 Å². The summed E-state index contributed by atoms with van der Waals surface area (Å²) < 4.78 is 16.2. The van der Waals surface area contributed by atoms with Crippen molar-refractivity contribution in [3.05, 3.63) is 107 Å². The molecule has 5 fully saturated rings. The van der Waals surface area contributed by atoms with Gasteiger partial charge in [0.15, 0.2) is 17.4 Å². The maximum absolute atomic E-state index is 14.9. The molecule has 2 aromatic carbocycles. The summed E-state index contributed by atoms with van der Waals surface area (Å²) in [6.07, 6.45) is 14.4. The molecular formula is C63H79N13O7. The molecule has 20 heteroatoms. The number of amides is 2. The second-order valence-corrected chi connectivity index (χ2v) is 24.1. The van der Waals surface area contributed by atoms with E-state index in [2.05, 4.69) is 65.7 Å². The van der Waals surface area contributed by atoms with Gasteiger partial charge < -0.3 is 55.3 Å². The number of rotatable bonds is 17. The summed E-state index contributed by atoms with van der Waals surface area (Å²) in [5, 5.41) is 51.5. The van der Waals surface area contributed by atoms with Crippen LogP contribution in [0, 0.1) is 36.5 Å². The molecule has 2 amide bonds. The van der Waals surface area contributed by atoms with E-state index in [1.165, 1.54) is 4.90 Å². The highest BCUT2D eigenvalue weighted by atomic mass is 16.5. The summed E-state index contributed by atoms with van der Waals surface area (Å²) >= 11 is 0. The molecule has 11 rings (SSSR count). The van der Waals surface area contributed by atoms with E-state index in [-0.39, 0.29) is 60.8 Å². The fourth-order valence-corrected chi connectivity index (χ4v) is 13.2. The van der Waals surface area contributed by atoms with Gasteiger partial charge in [-0.3, -0.25) is 19.0 Å². The Bertz CT molecular complexity index is 3310. The number of aliphatic hydroxyl groups is 1. The predicted molar refractivity (Wildman–Crippen MR) is 314 cm³/mol. The standard InChI is InChI=1S/C63H79N13O7/c1-38(2)60(58-33-59(71-83-58)74-24-17-50(18-25-74)82-49-12-19-65-20-13-49)63(81)75-36-48(78)32-56(75)62(80)68-53(51-10-9-45(26-39(51)3)55-14-21-66-72(55)5)30-41-7-11-57(79)52(29-41)54-31-46(61(64)70-69-54)8-6-42-34-67-76(35-42)40(4)44-15-22-73(23-16-44)47-27-43(28-47)37-77/h7,9-11,14,21,26,29,31,33-35,37-38,40,43-44,47-50,53,56,60,65,78-79H,12-13,15-20,22-25,27-28,30,32,36H2,1-5H3,(H2,64,70)(H,68,80)/t40-,43?,47?,48-,53+,56+,60-/m1/s1. The van der Waals surface area contributed by atoms with Crippen LogP contribution in [0.25, 0.3) is 22.5 Å². The number of carbonyl (C=O) groups is 3. The Kier molecular flexibility index (Phi) is 17.4. The van der Waals surface area contributed by atoms with Crippen molar-refractivity contribution in [2.75, 3.05) is 56.4 Å². The lowest BCUT2D eigenvalue weighted by atomic mass is 9.78. The molecule has 4 aromatic heterocycles. The zero-order chi connectivity index (χ0) is 57.9. The summed E-state index contributed by atoms with van der Waals surface area (Å²) in [7, 11) is 1.89. The summed E-state index contributed by atoms with van der Waals surface area (Å²) in [4.78, 5) is 47.2. The first-order valence-electron chi connectivity index (χ1n) is 29.8. The van der Waals surface area contributed by atoms with Gasteiger partial charge in [-0.1, -0.05) is 49.0 Å². The highest BCUT2D eigenvalue weighted by Gasteiger charge is 2.44. The maximum Gasteiger partial charge on any atom is 0.243 e. The second-order valence-electron chi connectivity index (χ2n) is 24.1. The van der Waals surface area contributed by atoms with Crippen LogP contribution >= 0.6 is 0 Å². The van der Waals surface area contributed by atoms with Crippen LogP contribution in [0.3, 0.4) is 0 Å². The van der Waals surface area contributed by atoms with E-state index in [1.807, 2.05) is 79.8 Å². The van der Waals surface area contributed by atoms with E-state index in [9.17, 15) is 24.6 Å². The molecule has 0 radical (unpaired) electrons. The van der Waals surface area contributed by atoms with Crippen LogP contribution in [-0.2, 0) is 32.6 Å². The number of hydrogen-bond acceptors (Lipinski definition) is 16. The summed E-state index contributed by atoms with van der Waals surface area (Å²) in [6, 6.07) is 15.9. The number of aromatic nitrogens is 7. The first-order chi connectivity index (χ1) is 40.2. The fourth-order valence-electron chi connectivity index (χ4n) is 13.2. The summed E-state index contributed by atoms with van der Waals surface area (Å²) in [5.41, 5.74) is 12.7. The van der Waals surface area contributed by atoms with Gasteiger partial charge in [-0.2, -0.15) is 10.2 Å². The lowest BCUT2D eigenvalue weighted by Crippen LogP contribution is -2.49. The van der Waals surface area contributed by atoms with Gasteiger partial charge in [0.25, 0.3) is 0 Å². The number of phenolic OH excluding ortho intramolecular Hbond substituents is 1. The Labute approximate surface area is 485 Å². The first kappa shape index (κ1) is 57.4. The van der Waals surface area contributed by atoms with Gasteiger partial charge in [0, 0.05) is 74.6 Å². The molecule has 83 heavy (non-hydrogen) atoms. The molecule has 4 saturated heterocycles. The number of hydrogen-bond donors (Lipinski definition) is 5. The van der Waals surface area contributed by atoms with Gasteiger partial charge in [0.2, 0.25) is 11.8 Å². The fraction of sp³-hybridized carbons (Fsp3) is 0.524. The third-order valence-corrected chi connectivity index (χ3v) is 18.2. The number of nitrogens with one attached hydrogen (secondary N) is 2. The Morgan fingerprint density at radius 3 is 2.42 bits per heavy atom. The number of aldehydes is 1. The van der Waals surface area contributed by atoms with Crippen molar-refractivity contribution < 1.29 is 33.9 Å². The lowest BCUT2D eigenvalue weighted by molar-refractivity contribution is -0.141. The zero-order valence-corrected chi connectivity index (χ0v) is 48.4. The third kappa shape index (κ3) is 12.9. The van der Waals surface area contributed by atoms with E-state index in [0.717, 1.165) is 130 Å². The van der Waals surface area contributed by atoms with Crippen molar-refractivity contribution in [3.8, 4) is 40.1 Å². The number of aryl methyl sites for hydroxylation is 2. The Hall–Kier alpha value is -7.44. The van der Waals surface area contributed by atoms with Crippen molar-refractivity contribution >= 4 is 29.7 Å². The molecule has 8 heterocycles. The van der Waals surface area contributed by atoms with Gasteiger partial charge in [-0.15, -0.1) is 10.2 Å². The largest absolute Gasteiger partial charge is 0.507 e. The van der Waals surface area contributed by atoms with Gasteiger partial charge in [0.1, 0.15) is 24.0 Å². The molecule has 5 aliphatic rings. The molecule has 438 valence electrons. The van der Waals surface area contributed by atoms with Crippen LogP contribution in [-0.4, -0.2) is 149 Å². The molecule has 1 aliphatic carbocycles. The van der Waals surface area contributed by atoms with E-state index in [0.29, 0.717) is 46.5 Å². The van der Waals surface area contributed by atoms with Crippen LogP contribution in [0.4, 0.5) is 11.6 Å². The molecular weight excluding hydrogens is 1050 g/mol. The summed E-state index contributed by atoms with van der Waals surface area (Å²) in [6.45, 7) is 13.6. The van der Waals surface area contributed by atoms with Gasteiger partial charge >= 0.3 is 0 Å². The monoisotopic (exact) mass is 1130 g/mol. The number of β-amino-alcohol motifs (C(OH)–C–C–N with tert-alkyl or cyclic N) is 1. The van der Waals surface area contributed by atoms with Crippen molar-refractivity contribution in [1.29, 1.82) is 0 Å². The SMILES string of the molecule is Cc1cc(-c2ccnn2C)ccc1[C@H](Cc1ccc(O)c(-c2cc(C#Cc3cnn([C@H](C)C4CCN(C5CC(C=O)C5)CC4)c3)c(N)nn2)c1)NC(=O)[C@@H]1C[C@@H](O)CN1C(=O)[C@@H](c1cc(N2CCC(OC3CCNCC3)CC2)no1)C(C)C. The Morgan fingerprint density at radius 1 is 0.928 bits per heavy atom. The smallest absolute Gasteiger partial charge is 0.243 e. The van der Waals surface area contributed by atoms with Crippen LogP contribution in [0.5, 0.6) is 5.75 Å². The second kappa shape index (κ2) is 25.2.